The minimum absolute atomic E-state index is 0.0292. The Bertz CT molecular complexity index is 1020. The highest BCUT2D eigenvalue weighted by Gasteiger charge is 2.45. The maximum absolute atomic E-state index is 13.0. The molecule has 3 rings (SSSR count). The maximum Gasteiger partial charge on any atom is 0.295 e. The molecule has 2 aromatic rings. The number of methoxy groups -OCH3 is 1. The first-order valence-corrected chi connectivity index (χ1v) is 10.5. The summed E-state index contributed by atoms with van der Waals surface area (Å²) >= 11 is 12.1. The van der Waals surface area contributed by atoms with Gasteiger partial charge in [0.1, 0.15) is 11.5 Å². The third-order valence-electron chi connectivity index (χ3n) is 5.15. The lowest BCUT2D eigenvalue weighted by molar-refractivity contribution is -0.139. The third kappa shape index (κ3) is 4.87. The molecule has 0 aliphatic carbocycles. The minimum Gasteiger partial charge on any atom is -0.507 e. The van der Waals surface area contributed by atoms with Crippen LogP contribution in [0, 0.1) is 0 Å². The standard InChI is InChI=1S/C23H24Cl2N2O4/c1-26(2)11-4-12-27-20(14-5-8-16(24)9-6-14)19(22(29)23(27)30)21(28)15-7-10-17(25)18(13-15)31-3/h5-10,13,20,28H,4,11-12H2,1-3H3/b21-19-. The van der Waals surface area contributed by atoms with Crippen molar-refractivity contribution in [3.8, 4) is 5.75 Å². The number of carbonyl (C=O) groups excluding carboxylic acids is 2. The van der Waals surface area contributed by atoms with Crippen molar-refractivity contribution in [2.45, 2.75) is 12.5 Å². The van der Waals surface area contributed by atoms with Gasteiger partial charge in [-0.15, -0.1) is 0 Å². The fraction of sp³-hybridized carbons (Fsp3) is 0.304. The summed E-state index contributed by atoms with van der Waals surface area (Å²) in [5.41, 5.74) is 1.06. The lowest BCUT2D eigenvalue weighted by Gasteiger charge is -2.26. The Morgan fingerprint density at radius 1 is 1.13 bits per heavy atom. The Balaban J connectivity index is 2.11. The van der Waals surface area contributed by atoms with E-state index in [1.807, 2.05) is 19.0 Å². The lowest BCUT2D eigenvalue weighted by atomic mass is 9.95. The highest BCUT2D eigenvalue weighted by molar-refractivity contribution is 6.46. The van der Waals surface area contributed by atoms with Crippen LogP contribution in [0.3, 0.4) is 0 Å². The Labute approximate surface area is 191 Å². The molecular weight excluding hydrogens is 439 g/mol. The first kappa shape index (κ1) is 23.1. The zero-order valence-electron chi connectivity index (χ0n) is 17.6. The Hall–Kier alpha value is -2.54. The Morgan fingerprint density at radius 2 is 1.81 bits per heavy atom. The molecule has 1 heterocycles. The van der Waals surface area contributed by atoms with Crippen LogP contribution >= 0.6 is 23.2 Å². The van der Waals surface area contributed by atoms with Crippen LogP contribution in [-0.2, 0) is 9.59 Å². The Morgan fingerprint density at radius 3 is 2.42 bits per heavy atom. The van der Waals surface area contributed by atoms with Crippen molar-refractivity contribution >= 4 is 40.7 Å². The number of Topliss-reactive ketones (excluding diaryl/α,β-unsaturated/α-hetero) is 1. The quantitative estimate of drug-likeness (QED) is 0.375. The summed E-state index contributed by atoms with van der Waals surface area (Å²) in [6, 6.07) is 10.9. The number of aliphatic hydroxyl groups excluding tert-OH is 1. The summed E-state index contributed by atoms with van der Waals surface area (Å²) in [6.07, 6.45) is 0.679. The number of amides is 1. The van der Waals surface area contributed by atoms with E-state index in [1.165, 1.54) is 18.1 Å². The van der Waals surface area contributed by atoms with E-state index in [1.54, 1.807) is 36.4 Å². The van der Waals surface area contributed by atoms with Gasteiger partial charge in [-0.05, 0) is 63.0 Å². The third-order valence-corrected chi connectivity index (χ3v) is 5.72. The highest BCUT2D eigenvalue weighted by atomic mass is 35.5. The number of hydrogen-bond acceptors (Lipinski definition) is 5. The van der Waals surface area contributed by atoms with Crippen LogP contribution in [0.4, 0.5) is 0 Å². The van der Waals surface area contributed by atoms with Crippen LogP contribution in [0.15, 0.2) is 48.0 Å². The molecule has 1 atom stereocenters. The zero-order valence-corrected chi connectivity index (χ0v) is 19.1. The van der Waals surface area contributed by atoms with E-state index in [2.05, 4.69) is 0 Å². The summed E-state index contributed by atoms with van der Waals surface area (Å²) < 4.78 is 5.22. The molecular formula is C23H24Cl2N2O4. The Kier molecular flexibility index (Phi) is 7.26. The number of benzene rings is 2. The van der Waals surface area contributed by atoms with E-state index < -0.39 is 17.7 Å². The van der Waals surface area contributed by atoms with Gasteiger partial charge in [-0.2, -0.15) is 0 Å². The first-order chi connectivity index (χ1) is 14.7. The van der Waals surface area contributed by atoms with Crippen molar-refractivity contribution in [2.75, 3.05) is 34.3 Å². The van der Waals surface area contributed by atoms with E-state index in [4.69, 9.17) is 27.9 Å². The number of carbonyl (C=O) groups is 2. The normalized spacial score (nSPS) is 18.1. The van der Waals surface area contributed by atoms with Gasteiger partial charge in [0, 0.05) is 17.1 Å². The van der Waals surface area contributed by atoms with Crippen molar-refractivity contribution in [3.63, 3.8) is 0 Å². The maximum atomic E-state index is 13.0. The fourth-order valence-corrected chi connectivity index (χ4v) is 3.94. The van der Waals surface area contributed by atoms with Crippen molar-refractivity contribution in [1.82, 2.24) is 9.80 Å². The second kappa shape index (κ2) is 9.73. The lowest BCUT2D eigenvalue weighted by Crippen LogP contribution is -2.32. The van der Waals surface area contributed by atoms with E-state index in [-0.39, 0.29) is 11.3 Å². The number of hydrogen-bond donors (Lipinski definition) is 1. The topological polar surface area (TPSA) is 70.1 Å². The molecule has 1 amide bonds. The van der Waals surface area contributed by atoms with Crippen molar-refractivity contribution in [1.29, 1.82) is 0 Å². The van der Waals surface area contributed by atoms with Crippen LogP contribution < -0.4 is 4.74 Å². The van der Waals surface area contributed by atoms with Crippen molar-refractivity contribution in [3.05, 3.63) is 69.2 Å². The molecule has 1 N–H and O–H groups in total. The predicted octanol–water partition coefficient (Wildman–Crippen LogP) is 4.38. The molecule has 0 saturated carbocycles. The number of rotatable bonds is 7. The molecule has 0 spiro atoms. The average Bonchev–Trinajstić information content (AvgIpc) is 2.99. The van der Waals surface area contributed by atoms with Gasteiger partial charge >= 0.3 is 0 Å². The predicted molar refractivity (Wildman–Crippen MR) is 122 cm³/mol. The molecule has 8 heteroatoms. The van der Waals surface area contributed by atoms with Crippen molar-refractivity contribution in [2.24, 2.45) is 0 Å². The molecule has 1 saturated heterocycles. The average molecular weight is 463 g/mol. The van der Waals surface area contributed by atoms with Gasteiger partial charge in [-0.3, -0.25) is 9.59 Å². The molecule has 1 unspecified atom stereocenters. The van der Waals surface area contributed by atoms with Gasteiger partial charge in [0.25, 0.3) is 11.7 Å². The summed E-state index contributed by atoms with van der Waals surface area (Å²) in [5, 5.41) is 12.0. The molecule has 0 aromatic heterocycles. The molecule has 164 valence electrons. The summed E-state index contributed by atoms with van der Waals surface area (Å²) in [6.45, 7) is 1.13. The van der Waals surface area contributed by atoms with Crippen molar-refractivity contribution < 1.29 is 19.4 Å². The number of ketones is 1. The summed E-state index contributed by atoms with van der Waals surface area (Å²) in [5.74, 6) is -1.28. The molecule has 1 aliphatic rings. The summed E-state index contributed by atoms with van der Waals surface area (Å²) in [4.78, 5) is 29.4. The summed E-state index contributed by atoms with van der Waals surface area (Å²) in [7, 11) is 5.35. The van der Waals surface area contributed by atoms with Gasteiger partial charge in [-0.25, -0.2) is 0 Å². The zero-order chi connectivity index (χ0) is 22.7. The molecule has 6 nitrogen and oxygen atoms in total. The van der Waals surface area contributed by atoms with Gasteiger partial charge in [0.05, 0.1) is 23.7 Å². The monoisotopic (exact) mass is 462 g/mol. The fourth-order valence-electron chi connectivity index (χ4n) is 3.62. The van der Waals surface area contributed by atoms with Gasteiger partial charge < -0.3 is 19.6 Å². The second-order valence-corrected chi connectivity index (χ2v) is 8.39. The second-order valence-electron chi connectivity index (χ2n) is 7.55. The van der Waals surface area contributed by atoms with Crippen LogP contribution in [0.1, 0.15) is 23.6 Å². The largest absolute Gasteiger partial charge is 0.507 e. The van der Waals surface area contributed by atoms with E-state index in [0.29, 0.717) is 39.9 Å². The SMILES string of the molecule is COc1cc(/C(O)=C2/C(=O)C(=O)N(CCCN(C)C)C2c2ccc(Cl)cc2)ccc1Cl. The number of halogens is 2. The first-order valence-electron chi connectivity index (χ1n) is 9.77. The number of ether oxygens (including phenoxy) is 1. The van der Waals surface area contributed by atoms with E-state index in [0.717, 1.165) is 6.54 Å². The highest BCUT2D eigenvalue weighted by Crippen LogP contribution is 2.40. The molecule has 0 radical (unpaired) electrons. The molecule has 2 aromatic carbocycles. The van der Waals surface area contributed by atoms with E-state index in [9.17, 15) is 14.7 Å². The number of aliphatic hydroxyl groups is 1. The van der Waals surface area contributed by atoms with Crippen LogP contribution in [-0.4, -0.2) is 60.9 Å². The van der Waals surface area contributed by atoms with Crippen LogP contribution in [0.25, 0.3) is 5.76 Å². The van der Waals surface area contributed by atoms with E-state index >= 15 is 0 Å². The molecule has 1 fully saturated rings. The van der Waals surface area contributed by atoms with Gasteiger partial charge in [-0.1, -0.05) is 35.3 Å². The van der Waals surface area contributed by atoms with Crippen LogP contribution in [0.5, 0.6) is 5.75 Å². The molecule has 0 bridgehead atoms. The molecule has 31 heavy (non-hydrogen) atoms. The smallest absolute Gasteiger partial charge is 0.295 e. The number of nitrogens with zero attached hydrogens (tertiary/aromatic N) is 2. The van der Waals surface area contributed by atoms with Crippen LogP contribution in [0.2, 0.25) is 10.0 Å². The number of likely N-dealkylation sites (tertiary alicyclic amines) is 1. The minimum atomic E-state index is -0.726. The van der Waals surface area contributed by atoms with Gasteiger partial charge in [0.15, 0.2) is 0 Å². The molecule has 1 aliphatic heterocycles. The van der Waals surface area contributed by atoms with Gasteiger partial charge in [0.2, 0.25) is 0 Å².